The molecule has 0 unspecified atom stereocenters. The van der Waals surface area contributed by atoms with Crippen molar-refractivity contribution in [1.29, 1.82) is 0 Å². The summed E-state index contributed by atoms with van der Waals surface area (Å²) in [4.78, 5) is 10.6. The number of H-pyrrole nitrogens is 1. The molecule has 0 aliphatic rings. The normalized spacial score (nSPS) is 11.0. The number of hydrogen-bond donors (Lipinski definition) is 1. The zero-order valence-electron chi connectivity index (χ0n) is 12.1. The predicted octanol–water partition coefficient (Wildman–Crippen LogP) is 4.05. The van der Waals surface area contributed by atoms with Gasteiger partial charge in [0.1, 0.15) is 0 Å². The minimum absolute atomic E-state index is 0.0377. The first-order valence-electron chi connectivity index (χ1n) is 6.77. The van der Waals surface area contributed by atoms with Gasteiger partial charge in [-0.25, -0.2) is 5.10 Å². The highest BCUT2D eigenvalue weighted by Gasteiger charge is 2.11. The van der Waals surface area contributed by atoms with E-state index in [9.17, 15) is 10.1 Å². The van der Waals surface area contributed by atoms with E-state index in [4.69, 9.17) is 23.8 Å². The van der Waals surface area contributed by atoms with E-state index in [0.29, 0.717) is 16.4 Å². The molecule has 0 bridgehead atoms. The van der Waals surface area contributed by atoms with E-state index in [2.05, 4.69) is 15.3 Å². The first kappa shape index (κ1) is 16.0. The van der Waals surface area contributed by atoms with Gasteiger partial charge >= 0.3 is 0 Å². The van der Waals surface area contributed by atoms with Crippen molar-refractivity contribution in [3.05, 3.63) is 74.0 Å². The molecule has 24 heavy (non-hydrogen) atoms. The molecule has 0 saturated heterocycles. The van der Waals surface area contributed by atoms with Crippen molar-refractivity contribution < 1.29 is 4.92 Å². The number of hydrogen-bond acceptors (Lipinski definition) is 5. The molecule has 7 nitrogen and oxygen atoms in total. The average Bonchev–Trinajstić information content (AvgIpc) is 2.94. The van der Waals surface area contributed by atoms with Gasteiger partial charge in [0.05, 0.1) is 16.7 Å². The van der Waals surface area contributed by atoms with Crippen molar-refractivity contribution in [2.75, 3.05) is 0 Å². The highest BCUT2D eigenvalue weighted by molar-refractivity contribution is 7.71. The predicted molar refractivity (Wildman–Crippen MR) is 93.9 cm³/mol. The maximum Gasteiger partial charge on any atom is 0.278 e. The molecular weight excluding hydrogens is 350 g/mol. The molecule has 0 amide bonds. The molecule has 1 heterocycles. The summed E-state index contributed by atoms with van der Waals surface area (Å²) >= 11 is 11.1. The van der Waals surface area contributed by atoms with Crippen LogP contribution < -0.4 is 0 Å². The van der Waals surface area contributed by atoms with Gasteiger partial charge in [0.2, 0.25) is 4.77 Å². The number of aromatic nitrogens is 3. The van der Waals surface area contributed by atoms with Gasteiger partial charge in [0.25, 0.3) is 5.69 Å². The van der Waals surface area contributed by atoms with Crippen LogP contribution >= 0.6 is 23.8 Å². The Bertz CT molecular complexity index is 978. The van der Waals surface area contributed by atoms with E-state index in [0.717, 1.165) is 5.56 Å². The van der Waals surface area contributed by atoms with Crippen LogP contribution in [0.15, 0.2) is 53.6 Å². The van der Waals surface area contributed by atoms with Crippen molar-refractivity contribution in [3.63, 3.8) is 0 Å². The second kappa shape index (κ2) is 6.73. The fraction of sp³-hybridized carbons (Fsp3) is 0. The summed E-state index contributed by atoms with van der Waals surface area (Å²) in [6.07, 6.45) is 1.38. The molecule has 1 aromatic heterocycles. The summed E-state index contributed by atoms with van der Waals surface area (Å²) in [5, 5.41) is 22.7. The molecule has 0 spiro atoms. The number of benzene rings is 2. The number of nitro groups is 1. The van der Waals surface area contributed by atoms with Crippen LogP contribution in [0.5, 0.6) is 0 Å². The Kier molecular flexibility index (Phi) is 4.50. The lowest BCUT2D eigenvalue weighted by Crippen LogP contribution is -1.98. The first-order valence-corrected chi connectivity index (χ1v) is 7.56. The summed E-state index contributed by atoms with van der Waals surface area (Å²) in [6.45, 7) is 0. The van der Waals surface area contributed by atoms with Crippen LogP contribution in [0.4, 0.5) is 5.69 Å². The van der Waals surface area contributed by atoms with E-state index < -0.39 is 4.92 Å². The molecule has 0 radical (unpaired) electrons. The zero-order valence-corrected chi connectivity index (χ0v) is 13.7. The molecule has 0 aliphatic heterocycles. The Hall–Kier alpha value is -2.84. The van der Waals surface area contributed by atoms with E-state index in [1.54, 1.807) is 42.5 Å². The molecule has 1 N–H and O–H groups in total. The van der Waals surface area contributed by atoms with Gasteiger partial charge in [-0.05, 0) is 42.5 Å². The number of nitro benzene ring substituents is 1. The van der Waals surface area contributed by atoms with Gasteiger partial charge in [-0.15, -0.1) is 0 Å². The Morgan fingerprint density at radius 1 is 1.25 bits per heavy atom. The molecular formula is C15H10ClN5O2S. The molecule has 3 rings (SSSR count). The molecule has 3 aromatic rings. The van der Waals surface area contributed by atoms with E-state index in [1.807, 2.05) is 0 Å². The molecule has 0 atom stereocenters. The van der Waals surface area contributed by atoms with Gasteiger partial charge in [0, 0.05) is 16.7 Å². The zero-order chi connectivity index (χ0) is 17.1. The van der Waals surface area contributed by atoms with Crippen molar-refractivity contribution >= 4 is 35.7 Å². The largest absolute Gasteiger partial charge is 0.278 e. The molecule has 0 fully saturated rings. The van der Waals surface area contributed by atoms with Crippen LogP contribution in [0.2, 0.25) is 5.02 Å². The maximum absolute atomic E-state index is 11.1. The van der Waals surface area contributed by atoms with Gasteiger partial charge in [0.15, 0.2) is 5.82 Å². The second-order valence-electron chi connectivity index (χ2n) is 4.73. The molecule has 9 heteroatoms. The smallest absolute Gasteiger partial charge is 0.258 e. The third kappa shape index (κ3) is 3.24. The number of nitrogens with zero attached hydrogens (tertiary/aromatic N) is 4. The first-order chi connectivity index (χ1) is 11.6. The summed E-state index contributed by atoms with van der Waals surface area (Å²) < 4.78 is 1.67. The van der Waals surface area contributed by atoms with Crippen LogP contribution in [0.3, 0.4) is 0 Å². The second-order valence-corrected chi connectivity index (χ2v) is 5.55. The Morgan fingerprint density at radius 3 is 2.67 bits per heavy atom. The van der Waals surface area contributed by atoms with Crippen LogP contribution in [-0.4, -0.2) is 26.0 Å². The number of para-hydroxylation sites is 1. The number of halogens is 1. The van der Waals surface area contributed by atoms with Crippen LogP contribution in [0.25, 0.3) is 11.4 Å². The maximum atomic E-state index is 11.1. The van der Waals surface area contributed by atoms with Crippen molar-refractivity contribution in [1.82, 2.24) is 14.9 Å². The van der Waals surface area contributed by atoms with Crippen LogP contribution in [-0.2, 0) is 0 Å². The van der Waals surface area contributed by atoms with E-state index >= 15 is 0 Å². The van der Waals surface area contributed by atoms with E-state index in [1.165, 1.54) is 17.0 Å². The summed E-state index contributed by atoms with van der Waals surface area (Å²) in [6, 6.07) is 13.3. The molecule has 120 valence electrons. The van der Waals surface area contributed by atoms with Gasteiger partial charge in [-0.2, -0.15) is 14.9 Å². The fourth-order valence-corrected chi connectivity index (χ4v) is 2.37. The fourth-order valence-electron chi connectivity index (χ4n) is 2.07. The third-order valence-corrected chi connectivity index (χ3v) is 3.71. The topological polar surface area (TPSA) is 89.1 Å². The standard InChI is InChI=1S/C15H10ClN5O2S/c16-12-7-5-10(6-8-12)14-18-19-15(24)20(14)17-9-11-3-1-2-4-13(11)21(22)23/h1-9H,(H,19,24)/b17-9+. The lowest BCUT2D eigenvalue weighted by atomic mass is 10.2. The Balaban J connectivity index is 2.03. The Morgan fingerprint density at radius 2 is 1.96 bits per heavy atom. The van der Waals surface area contributed by atoms with Gasteiger partial charge in [-0.1, -0.05) is 23.7 Å². The summed E-state index contributed by atoms with van der Waals surface area (Å²) in [7, 11) is 0. The monoisotopic (exact) mass is 359 g/mol. The molecule has 0 saturated carbocycles. The number of aromatic amines is 1. The minimum Gasteiger partial charge on any atom is -0.258 e. The minimum atomic E-state index is -0.462. The van der Waals surface area contributed by atoms with Crippen LogP contribution in [0, 0.1) is 14.9 Å². The van der Waals surface area contributed by atoms with Crippen molar-refractivity contribution in [2.24, 2.45) is 5.10 Å². The SMILES string of the molecule is O=[N+]([O-])c1ccccc1/C=N/n1c(-c2ccc(Cl)cc2)n[nH]c1=S. The van der Waals surface area contributed by atoms with Gasteiger partial charge < -0.3 is 0 Å². The van der Waals surface area contributed by atoms with Crippen LogP contribution in [0.1, 0.15) is 5.56 Å². The Labute approximate surface area is 146 Å². The highest BCUT2D eigenvalue weighted by atomic mass is 35.5. The van der Waals surface area contributed by atoms with Gasteiger partial charge in [-0.3, -0.25) is 10.1 Å². The summed E-state index contributed by atoms with van der Waals surface area (Å²) in [5.41, 5.74) is 1.09. The molecule has 0 aliphatic carbocycles. The lowest BCUT2D eigenvalue weighted by molar-refractivity contribution is -0.385. The van der Waals surface area contributed by atoms with E-state index in [-0.39, 0.29) is 10.5 Å². The third-order valence-electron chi connectivity index (χ3n) is 3.20. The van der Waals surface area contributed by atoms with Crippen molar-refractivity contribution in [2.45, 2.75) is 0 Å². The number of rotatable bonds is 4. The molecule has 2 aromatic carbocycles. The average molecular weight is 360 g/mol. The summed E-state index contributed by atoms with van der Waals surface area (Å²) in [5.74, 6) is 0.478. The lowest BCUT2D eigenvalue weighted by Gasteiger charge is -2.01. The number of nitrogens with one attached hydrogen (secondary N) is 1. The highest BCUT2D eigenvalue weighted by Crippen LogP contribution is 2.20. The van der Waals surface area contributed by atoms with Crippen molar-refractivity contribution in [3.8, 4) is 11.4 Å². The quantitative estimate of drug-likeness (QED) is 0.329.